The van der Waals surface area contributed by atoms with Crippen LogP contribution in [0.3, 0.4) is 0 Å². The van der Waals surface area contributed by atoms with Crippen molar-refractivity contribution in [3.05, 3.63) is 0 Å². The number of rotatable bonds is 7. The monoisotopic (exact) mass is 351 g/mol. The summed E-state index contributed by atoms with van der Waals surface area (Å²) in [6, 6.07) is -1.03. The van der Waals surface area contributed by atoms with Crippen molar-refractivity contribution in [2.75, 3.05) is 20.8 Å². The number of nitrogens with two attached hydrogens (primary N) is 1. The summed E-state index contributed by atoms with van der Waals surface area (Å²) < 4.78 is 35.8. The van der Waals surface area contributed by atoms with Crippen LogP contribution in [0.15, 0.2) is 0 Å². The highest BCUT2D eigenvalue weighted by molar-refractivity contribution is 7.46. The first-order chi connectivity index (χ1) is 9.69. The van der Waals surface area contributed by atoms with Gasteiger partial charge in [-0.1, -0.05) is 0 Å². The molecule has 0 radical (unpaired) electrons. The van der Waals surface area contributed by atoms with Gasteiger partial charge in [0.2, 0.25) is 0 Å². The third kappa shape index (κ3) is 5.76. The van der Waals surface area contributed by atoms with E-state index in [-0.39, 0.29) is 6.61 Å². The summed E-state index contributed by atoms with van der Waals surface area (Å²) in [6.07, 6.45) is -4.22. The first kappa shape index (κ1) is 19.3. The minimum absolute atomic E-state index is 0.315. The molecule has 6 N–H and O–H groups in total. The number of phosphoric acid groups is 1. The highest BCUT2D eigenvalue weighted by Crippen LogP contribution is 2.42. The fourth-order valence-corrected chi connectivity index (χ4v) is 2.85. The summed E-state index contributed by atoms with van der Waals surface area (Å²) in [4.78, 5) is 35.4. The standard InChI is InChI=1S/C8H19NO10P2/c1-15-6-4(3-17-20(10)11)18-8(16-2)5(9)7(6)19-21(12,13)14/h4-8,10-11H,3,9H2,1-2H3,(H2,12,13,14)/t4?,5-,6+,7?,8+/m0/s1. The summed E-state index contributed by atoms with van der Waals surface area (Å²) in [5.74, 6) is 0. The fraction of sp³-hybridized carbons (Fsp3) is 1.00. The zero-order chi connectivity index (χ0) is 16.2. The molecule has 1 aliphatic rings. The molecule has 11 nitrogen and oxygen atoms in total. The molecule has 1 saturated heterocycles. The van der Waals surface area contributed by atoms with E-state index < -0.39 is 47.1 Å². The third-order valence-corrected chi connectivity index (χ3v) is 3.71. The van der Waals surface area contributed by atoms with Gasteiger partial charge >= 0.3 is 16.4 Å². The first-order valence-electron chi connectivity index (χ1n) is 5.71. The molecule has 1 aliphatic heterocycles. The molecular formula is C8H19NO10P2. The zero-order valence-corrected chi connectivity index (χ0v) is 13.1. The first-order valence-corrected chi connectivity index (χ1v) is 8.40. The maximum absolute atomic E-state index is 11.0. The van der Waals surface area contributed by atoms with Gasteiger partial charge in [0.1, 0.15) is 18.3 Å². The Hall–Kier alpha value is 0.260. The molecule has 1 fully saturated rings. The maximum Gasteiger partial charge on any atom is 0.470 e. The third-order valence-electron chi connectivity index (χ3n) is 2.81. The average Bonchev–Trinajstić information content (AvgIpc) is 2.37. The lowest BCUT2D eigenvalue weighted by molar-refractivity contribution is -0.258. The molecule has 21 heavy (non-hydrogen) atoms. The van der Waals surface area contributed by atoms with Crippen molar-refractivity contribution >= 4 is 16.4 Å². The molecule has 1 rings (SSSR count). The summed E-state index contributed by atoms with van der Waals surface area (Å²) in [5.41, 5.74) is 5.79. The summed E-state index contributed by atoms with van der Waals surface area (Å²) in [5, 5.41) is 0. The molecule has 0 spiro atoms. The summed E-state index contributed by atoms with van der Waals surface area (Å²) in [6.45, 7) is -0.315. The Labute approximate surface area is 122 Å². The SMILES string of the molecule is CO[C@@H]1C(COP(O)O)O[C@@H](OC)[C@@H](N)C1OP(=O)(O)O. The van der Waals surface area contributed by atoms with Crippen molar-refractivity contribution in [2.45, 2.75) is 30.6 Å². The van der Waals surface area contributed by atoms with E-state index in [0.717, 1.165) is 0 Å². The van der Waals surface area contributed by atoms with Crippen LogP contribution in [-0.4, -0.2) is 71.0 Å². The van der Waals surface area contributed by atoms with Crippen molar-refractivity contribution in [2.24, 2.45) is 5.73 Å². The second kappa shape index (κ2) is 8.21. The van der Waals surface area contributed by atoms with Gasteiger partial charge in [-0.25, -0.2) is 4.57 Å². The van der Waals surface area contributed by atoms with Crippen LogP contribution in [0.5, 0.6) is 0 Å². The van der Waals surface area contributed by atoms with Crippen LogP contribution in [0.25, 0.3) is 0 Å². The van der Waals surface area contributed by atoms with Crippen molar-refractivity contribution in [1.82, 2.24) is 0 Å². The van der Waals surface area contributed by atoms with Gasteiger partial charge in [-0.3, -0.25) is 4.52 Å². The van der Waals surface area contributed by atoms with Crippen LogP contribution in [-0.2, 0) is 27.8 Å². The second-order valence-electron chi connectivity index (χ2n) is 4.17. The molecule has 0 amide bonds. The Morgan fingerprint density at radius 2 is 1.86 bits per heavy atom. The zero-order valence-electron chi connectivity index (χ0n) is 11.3. The van der Waals surface area contributed by atoms with Gasteiger partial charge in [-0.15, -0.1) is 0 Å². The van der Waals surface area contributed by atoms with Gasteiger partial charge in [0.15, 0.2) is 6.29 Å². The maximum atomic E-state index is 11.0. The molecule has 126 valence electrons. The van der Waals surface area contributed by atoms with E-state index in [2.05, 4.69) is 9.05 Å². The Balaban J connectivity index is 2.91. The van der Waals surface area contributed by atoms with Crippen molar-refractivity contribution in [3.63, 3.8) is 0 Å². The Morgan fingerprint density at radius 1 is 1.24 bits per heavy atom. The molecule has 0 saturated carbocycles. The Bertz CT molecular complexity index is 365. The minimum Gasteiger partial charge on any atom is -0.376 e. The number of methoxy groups -OCH3 is 2. The van der Waals surface area contributed by atoms with Crippen LogP contribution in [0.1, 0.15) is 0 Å². The largest absolute Gasteiger partial charge is 0.470 e. The molecule has 1 heterocycles. The van der Waals surface area contributed by atoms with Crippen LogP contribution in [0.4, 0.5) is 0 Å². The molecule has 0 bridgehead atoms. The van der Waals surface area contributed by atoms with E-state index in [0.29, 0.717) is 0 Å². The molecule has 13 heteroatoms. The van der Waals surface area contributed by atoms with E-state index >= 15 is 0 Å². The highest BCUT2D eigenvalue weighted by Gasteiger charge is 2.48. The van der Waals surface area contributed by atoms with Crippen molar-refractivity contribution in [3.8, 4) is 0 Å². The normalized spacial score (nSPS) is 34.4. The van der Waals surface area contributed by atoms with E-state index in [1.54, 1.807) is 0 Å². The van der Waals surface area contributed by atoms with Gasteiger partial charge < -0.3 is 44.0 Å². The average molecular weight is 351 g/mol. The fourth-order valence-electron chi connectivity index (χ4n) is 1.99. The van der Waals surface area contributed by atoms with E-state index in [1.807, 2.05) is 0 Å². The highest BCUT2D eigenvalue weighted by atomic mass is 31.2. The predicted molar refractivity (Wildman–Crippen MR) is 68.7 cm³/mol. The second-order valence-corrected chi connectivity index (χ2v) is 6.12. The van der Waals surface area contributed by atoms with Gasteiger partial charge in [-0.05, 0) is 0 Å². The number of phosphoric ester groups is 1. The smallest absolute Gasteiger partial charge is 0.376 e. The lowest BCUT2D eigenvalue weighted by Gasteiger charge is -2.43. The van der Waals surface area contributed by atoms with Gasteiger partial charge in [-0.2, -0.15) is 0 Å². The molecule has 2 unspecified atom stereocenters. The molecule has 0 aromatic rings. The summed E-state index contributed by atoms with van der Waals surface area (Å²) >= 11 is 0. The van der Waals surface area contributed by atoms with E-state index in [4.69, 9.17) is 39.5 Å². The van der Waals surface area contributed by atoms with Crippen LogP contribution in [0.2, 0.25) is 0 Å². The van der Waals surface area contributed by atoms with Crippen molar-refractivity contribution < 1.29 is 47.4 Å². The molecule has 0 aliphatic carbocycles. The van der Waals surface area contributed by atoms with Crippen LogP contribution in [0, 0.1) is 0 Å². The molecule has 5 atom stereocenters. The Kier molecular flexibility index (Phi) is 7.55. The molecule has 0 aromatic carbocycles. The van der Waals surface area contributed by atoms with E-state index in [1.165, 1.54) is 14.2 Å². The van der Waals surface area contributed by atoms with Gasteiger partial charge in [0, 0.05) is 14.2 Å². The Morgan fingerprint density at radius 3 is 2.29 bits per heavy atom. The predicted octanol–water partition coefficient (Wildman–Crippen LogP) is -1.59. The number of ether oxygens (including phenoxy) is 3. The lowest BCUT2D eigenvalue weighted by atomic mass is 9.97. The summed E-state index contributed by atoms with van der Waals surface area (Å²) in [7, 11) is -4.90. The topological polar surface area (TPSA) is 170 Å². The molecular weight excluding hydrogens is 332 g/mol. The lowest BCUT2D eigenvalue weighted by Crippen LogP contribution is -2.63. The van der Waals surface area contributed by atoms with Crippen LogP contribution < -0.4 is 5.73 Å². The molecule has 0 aromatic heterocycles. The van der Waals surface area contributed by atoms with Crippen molar-refractivity contribution in [1.29, 1.82) is 0 Å². The van der Waals surface area contributed by atoms with Gasteiger partial charge in [0.25, 0.3) is 0 Å². The number of hydrogen-bond donors (Lipinski definition) is 5. The van der Waals surface area contributed by atoms with E-state index in [9.17, 15) is 4.57 Å². The number of hydrogen-bond acceptors (Lipinski definition) is 9. The van der Waals surface area contributed by atoms with Crippen LogP contribution >= 0.6 is 16.4 Å². The quantitative estimate of drug-likeness (QED) is 0.335. The van der Waals surface area contributed by atoms with Gasteiger partial charge in [0.05, 0.1) is 12.6 Å². The minimum atomic E-state index is -4.83.